The van der Waals surface area contributed by atoms with Crippen LogP contribution in [0.15, 0.2) is 53.0 Å². The molecule has 0 bridgehead atoms. The SMILES string of the molecule is NC(c1cccc(Br)c1F)C1(c2ccccc2)CCC1. The summed E-state index contributed by atoms with van der Waals surface area (Å²) in [5.74, 6) is -0.234. The zero-order valence-electron chi connectivity index (χ0n) is 11.2. The van der Waals surface area contributed by atoms with Gasteiger partial charge in [-0.05, 0) is 40.4 Å². The molecule has 1 saturated carbocycles. The van der Waals surface area contributed by atoms with Crippen molar-refractivity contribution in [1.82, 2.24) is 0 Å². The monoisotopic (exact) mass is 333 g/mol. The number of hydrogen-bond donors (Lipinski definition) is 1. The Labute approximate surface area is 127 Å². The van der Waals surface area contributed by atoms with Crippen LogP contribution in [0, 0.1) is 5.82 Å². The molecule has 1 aliphatic rings. The largest absolute Gasteiger partial charge is 0.323 e. The predicted molar refractivity (Wildman–Crippen MR) is 83.0 cm³/mol. The van der Waals surface area contributed by atoms with E-state index in [-0.39, 0.29) is 17.3 Å². The van der Waals surface area contributed by atoms with Crippen LogP contribution >= 0.6 is 15.9 Å². The van der Waals surface area contributed by atoms with E-state index >= 15 is 0 Å². The van der Waals surface area contributed by atoms with Crippen molar-refractivity contribution < 1.29 is 4.39 Å². The summed E-state index contributed by atoms with van der Waals surface area (Å²) < 4.78 is 14.8. The Balaban J connectivity index is 2.04. The molecule has 2 aromatic carbocycles. The average Bonchev–Trinajstić information content (AvgIpc) is 2.42. The predicted octanol–water partition coefficient (Wildman–Crippen LogP) is 4.71. The minimum atomic E-state index is -0.309. The van der Waals surface area contributed by atoms with Crippen molar-refractivity contribution in [1.29, 1.82) is 0 Å². The Kier molecular flexibility index (Phi) is 3.65. The molecule has 0 heterocycles. The zero-order chi connectivity index (χ0) is 14.2. The van der Waals surface area contributed by atoms with Crippen LogP contribution in [0.2, 0.25) is 0 Å². The molecule has 20 heavy (non-hydrogen) atoms. The molecular weight excluding hydrogens is 317 g/mol. The minimum Gasteiger partial charge on any atom is -0.323 e. The van der Waals surface area contributed by atoms with Gasteiger partial charge in [-0.25, -0.2) is 4.39 Å². The summed E-state index contributed by atoms with van der Waals surface area (Å²) >= 11 is 3.25. The first kappa shape index (κ1) is 13.8. The maximum absolute atomic E-state index is 14.3. The molecule has 1 nitrogen and oxygen atoms in total. The number of nitrogens with two attached hydrogens (primary N) is 1. The lowest BCUT2D eigenvalue weighted by atomic mass is 9.59. The summed E-state index contributed by atoms with van der Waals surface area (Å²) in [7, 11) is 0. The number of halogens is 2. The van der Waals surface area contributed by atoms with Crippen molar-refractivity contribution in [3.63, 3.8) is 0 Å². The van der Waals surface area contributed by atoms with Gasteiger partial charge in [0, 0.05) is 17.0 Å². The lowest BCUT2D eigenvalue weighted by molar-refractivity contribution is 0.193. The van der Waals surface area contributed by atoms with Crippen LogP contribution < -0.4 is 5.73 Å². The third-order valence-electron chi connectivity index (χ3n) is 4.51. The van der Waals surface area contributed by atoms with E-state index in [0.29, 0.717) is 10.0 Å². The molecule has 2 aromatic rings. The van der Waals surface area contributed by atoms with Crippen molar-refractivity contribution in [2.45, 2.75) is 30.7 Å². The van der Waals surface area contributed by atoms with E-state index in [1.165, 1.54) is 5.56 Å². The molecule has 3 heteroatoms. The molecule has 1 unspecified atom stereocenters. The van der Waals surface area contributed by atoms with Gasteiger partial charge in [-0.1, -0.05) is 48.9 Å². The van der Waals surface area contributed by atoms with Gasteiger partial charge in [0.15, 0.2) is 0 Å². The van der Waals surface area contributed by atoms with Crippen LogP contribution in [0.5, 0.6) is 0 Å². The molecule has 0 aliphatic heterocycles. The van der Waals surface area contributed by atoms with Crippen molar-refractivity contribution in [2.24, 2.45) is 5.73 Å². The van der Waals surface area contributed by atoms with E-state index < -0.39 is 0 Å². The second kappa shape index (κ2) is 5.30. The molecule has 2 N–H and O–H groups in total. The Hall–Kier alpha value is -1.19. The standard InChI is InChI=1S/C17H17BrFN/c18-14-9-4-8-13(15(14)19)16(20)17(10-5-11-17)12-6-2-1-3-7-12/h1-4,6-9,16H,5,10-11,20H2. The van der Waals surface area contributed by atoms with Gasteiger partial charge in [0.2, 0.25) is 0 Å². The fourth-order valence-corrected chi connectivity index (χ4v) is 3.55. The van der Waals surface area contributed by atoms with E-state index in [4.69, 9.17) is 5.73 Å². The van der Waals surface area contributed by atoms with E-state index in [1.807, 2.05) is 24.3 Å². The maximum atomic E-state index is 14.3. The Morgan fingerprint density at radius 1 is 1.05 bits per heavy atom. The highest BCUT2D eigenvalue weighted by Gasteiger charge is 2.45. The van der Waals surface area contributed by atoms with E-state index in [9.17, 15) is 4.39 Å². The minimum absolute atomic E-state index is 0.122. The number of benzene rings is 2. The van der Waals surface area contributed by atoms with Gasteiger partial charge in [-0.15, -0.1) is 0 Å². The van der Waals surface area contributed by atoms with E-state index in [0.717, 1.165) is 19.3 Å². The van der Waals surface area contributed by atoms with Crippen molar-refractivity contribution in [2.75, 3.05) is 0 Å². The molecule has 0 saturated heterocycles. The normalized spacial score (nSPS) is 18.4. The van der Waals surface area contributed by atoms with Crippen molar-refractivity contribution in [3.05, 3.63) is 69.9 Å². The smallest absolute Gasteiger partial charge is 0.142 e. The first-order valence-corrected chi connectivity index (χ1v) is 7.69. The van der Waals surface area contributed by atoms with Gasteiger partial charge in [0.1, 0.15) is 5.82 Å². The van der Waals surface area contributed by atoms with Crippen LogP contribution in [-0.4, -0.2) is 0 Å². The van der Waals surface area contributed by atoms with Crippen molar-refractivity contribution >= 4 is 15.9 Å². The molecule has 1 fully saturated rings. The number of hydrogen-bond acceptors (Lipinski definition) is 1. The molecule has 1 atom stereocenters. The topological polar surface area (TPSA) is 26.0 Å². The van der Waals surface area contributed by atoms with Crippen molar-refractivity contribution in [3.8, 4) is 0 Å². The Bertz CT molecular complexity index is 608. The van der Waals surface area contributed by atoms with Gasteiger partial charge in [0.25, 0.3) is 0 Å². The fourth-order valence-electron chi connectivity index (χ4n) is 3.17. The Morgan fingerprint density at radius 2 is 1.75 bits per heavy atom. The van der Waals surface area contributed by atoms with E-state index in [2.05, 4.69) is 28.1 Å². The van der Waals surface area contributed by atoms with Gasteiger partial charge in [0.05, 0.1) is 4.47 Å². The summed E-state index contributed by atoms with van der Waals surface area (Å²) in [6.07, 6.45) is 3.19. The molecule has 3 rings (SSSR count). The molecule has 0 aromatic heterocycles. The first-order chi connectivity index (χ1) is 9.65. The molecule has 0 amide bonds. The molecule has 104 valence electrons. The highest BCUT2D eigenvalue weighted by molar-refractivity contribution is 9.10. The first-order valence-electron chi connectivity index (χ1n) is 6.90. The van der Waals surface area contributed by atoms with Gasteiger partial charge in [-0.3, -0.25) is 0 Å². The molecule has 0 spiro atoms. The van der Waals surface area contributed by atoms with Gasteiger partial charge >= 0.3 is 0 Å². The molecule has 1 aliphatic carbocycles. The second-order valence-corrected chi connectivity index (χ2v) is 6.35. The molecule has 0 radical (unpaired) electrons. The summed E-state index contributed by atoms with van der Waals surface area (Å²) in [6.45, 7) is 0. The van der Waals surface area contributed by atoms with Gasteiger partial charge in [-0.2, -0.15) is 0 Å². The fraction of sp³-hybridized carbons (Fsp3) is 0.294. The highest BCUT2D eigenvalue weighted by atomic mass is 79.9. The average molecular weight is 334 g/mol. The van der Waals surface area contributed by atoms with E-state index in [1.54, 1.807) is 12.1 Å². The summed E-state index contributed by atoms with van der Waals surface area (Å²) in [5, 5.41) is 0. The quantitative estimate of drug-likeness (QED) is 0.864. The lowest BCUT2D eigenvalue weighted by Gasteiger charge is -2.47. The van der Waals surface area contributed by atoms with Crippen LogP contribution in [0.1, 0.15) is 36.4 Å². The number of rotatable bonds is 3. The lowest BCUT2D eigenvalue weighted by Crippen LogP contribution is -2.44. The summed E-state index contributed by atoms with van der Waals surface area (Å²) in [4.78, 5) is 0. The van der Waals surface area contributed by atoms with Crippen LogP contribution in [0.4, 0.5) is 4.39 Å². The van der Waals surface area contributed by atoms with Crippen LogP contribution in [0.25, 0.3) is 0 Å². The Morgan fingerprint density at radius 3 is 2.35 bits per heavy atom. The third kappa shape index (κ3) is 2.09. The van der Waals surface area contributed by atoms with Crippen LogP contribution in [-0.2, 0) is 5.41 Å². The van der Waals surface area contributed by atoms with Gasteiger partial charge < -0.3 is 5.73 Å². The third-order valence-corrected chi connectivity index (χ3v) is 5.12. The molecular formula is C17H17BrFN. The second-order valence-electron chi connectivity index (χ2n) is 5.50. The zero-order valence-corrected chi connectivity index (χ0v) is 12.7. The summed E-state index contributed by atoms with van der Waals surface area (Å²) in [6, 6.07) is 15.3. The highest BCUT2D eigenvalue weighted by Crippen LogP contribution is 2.51. The summed E-state index contributed by atoms with van der Waals surface area (Å²) in [5.41, 5.74) is 8.17. The maximum Gasteiger partial charge on any atom is 0.142 e. The van der Waals surface area contributed by atoms with Crippen LogP contribution in [0.3, 0.4) is 0 Å².